The summed E-state index contributed by atoms with van der Waals surface area (Å²) in [5.41, 5.74) is 3.75. The maximum Gasteiger partial charge on any atom is 0.339 e. The van der Waals surface area contributed by atoms with E-state index in [1.54, 1.807) is 47.3 Å². The van der Waals surface area contributed by atoms with Crippen molar-refractivity contribution in [1.29, 1.82) is 0 Å². The second kappa shape index (κ2) is 9.64. The van der Waals surface area contributed by atoms with Gasteiger partial charge in [0.05, 0.1) is 23.3 Å². The number of carbonyl (C=O) groups excluding carboxylic acids is 1. The average Bonchev–Trinajstić information content (AvgIpc) is 3.36. The van der Waals surface area contributed by atoms with Crippen LogP contribution in [0.25, 0.3) is 16.7 Å². The van der Waals surface area contributed by atoms with E-state index in [1.807, 2.05) is 36.4 Å². The average molecular weight is 466 g/mol. The Hall–Kier alpha value is -4.72. The number of nitrogens with one attached hydrogen (secondary N) is 1. The van der Waals surface area contributed by atoms with E-state index in [-0.39, 0.29) is 12.5 Å². The van der Waals surface area contributed by atoms with Crippen molar-refractivity contribution in [3.05, 3.63) is 112 Å². The molecular formula is C27H22N4O4. The Morgan fingerprint density at radius 1 is 1.03 bits per heavy atom. The standard InChI is InChI=1S/C27H22N4O4/c1-2-18-7-3-5-9-23(18)28-27(33)19-11-13-21(14-12-19)31-16-20(29-30-31)17-34-25-15-26(32)35-24-10-6-4-8-22(24)25/h3-16H,2,17H2,1H3,(H,28,33). The van der Waals surface area contributed by atoms with E-state index in [4.69, 9.17) is 9.15 Å². The van der Waals surface area contributed by atoms with Crippen LogP contribution in [0.4, 0.5) is 5.69 Å². The van der Waals surface area contributed by atoms with Crippen LogP contribution in [0.2, 0.25) is 0 Å². The van der Waals surface area contributed by atoms with Crippen LogP contribution in [0.3, 0.4) is 0 Å². The van der Waals surface area contributed by atoms with Crippen LogP contribution in [0.1, 0.15) is 28.5 Å². The van der Waals surface area contributed by atoms with Gasteiger partial charge in [0.1, 0.15) is 23.6 Å². The number of hydrogen-bond acceptors (Lipinski definition) is 6. The fourth-order valence-corrected chi connectivity index (χ4v) is 3.75. The van der Waals surface area contributed by atoms with Gasteiger partial charge < -0.3 is 14.5 Å². The fraction of sp³-hybridized carbons (Fsp3) is 0.111. The Bertz CT molecular complexity index is 1550. The molecule has 2 aromatic heterocycles. The largest absolute Gasteiger partial charge is 0.486 e. The molecule has 0 unspecified atom stereocenters. The zero-order valence-electron chi connectivity index (χ0n) is 19.0. The van der Waals surface area contributed by atoms with Gasteiger partial charge in [-0.1, -0.05) is 42.5 Å². The number of benzene rings is 3. The molecule has 174 valence electrons. The number of carbonyl (C=O) groups is 1. The SMILES string of the molecule is CCc1ccccc1NC(=O)c1ccc(-n2cc(COc3cc(=O)oc4ccccc34)nn2)cc1. The number of hydrogen-bond donors (Lipinski definition) is 1. The van der Waals surface area contributed by atoms with E-state index in [2.05, 4.69) is 22.6 Å². The fourth-order valence-electron chi connectivity index (χ4n) is 3.75. The zero-order chi connectivity index (χ0) is 24.2. The molecule has 0 bridgehead atoms. The highest BCUT2D eigenvalue weighted by atomic mass is 16.5. The number of ether oxygens (including phenoxy) is 1. The van der Waals surface area contributed by atoms with Gasteiger partial charge in [0, 0.05) is 11.3 Å². The summed E-state index contributed by atoms with van der Waals surface area (Å²) in [5.74, 6) is 0.246. The van der Waals surface area contributed by atoms with E-state index in [9.17, 15) is 9.59 Å². The summed E-state index contributed by atoms with van der Waals surface area (Å²) in [6.45, 7) is 2.18. The summed E-state index contributed by atoms with van der Waals surface area (Å²) in [6.07, 6.45) is 2.57. The van der Waals surface area contributed by atoms with Crippen molar-refractivity contribution in [2.75, 3.05) is 5.32 Å². The minimum atomic E-state index is -0.482. The lowest BCUT2D eigenvalue weighted by Gasteiger charge is -2.10. The molecule has 0 atom stereocenters. The first-order chi connectivity index (χ1) is 17.1. The van der Waals surface area contributed by atoms with Crippen molar-refractivity contribution >= 4 is 22.6 Å². The van der Waals surface area contributed by atoms with E-state index in [0.717, 1.165) is 23.4 Å². The number of anilines is 1. The molecule has 8 nitrogen and oxygen atoms in total. The van der Waals surface area contributed by atoms with Crippen LogP contribution in [-0.2, 0) is 13.0 Å². The maximum atomic E-state index is 12.7. The Morgan fingerprint density at radius 3 is 2.63 bits per heavy atom. The van der Waals surface area contributed by atoms with Gasteiger partial charge in [0.15, 0.2) is 0 Å². The predicted octanol–water partition coefficient (Wildman–Crippen LogP) is 4.77. The molecule has 1 N–H and O–H groups in total. The molecule has 1 amide bonds. The minimum absolute atomic E-state index is 0.130. The van der Waals surface area contributed by atoms with Crippen molar-refractivity contribution in [2.24, 2.45) is 0 Å². The molecule has 35 heavy (non-hydrogen) atoms. The summed E-state index contributed by atoms with van der Waals surface area (Å²) in [4.78, 5) is 24.5. The molecule has 8 heteroatoms. The van der Waals surface area contributed by atoms with E-state index < -0.39 is 5.63 Å². The molecule has 0 saturated carbocycles. The normalized spacial score (nSPS) is 10.9. The Kier molecular flexibility index (Phi) is 6.09. The lowest BCUT2D eigenvalue weighted by atomic mass is 10.1. The van der Waals surface area contributed by atoms with Crippen molar-refractivity contribution in [2.45, 2.75) is 20.0 Å². The van der Waals surface area contributed by atoms with Gasteiger partial charge in [0.2, 0.25) is 0 Å². The van der Waals surface area contributed by atoms with Crippen molar-refractivity contribution < 1.29 is 13.9 Å². The van der Waals surface area contributed by atoms with Gasteiger partial charge in [-0.25, -0.2) is 9.48 Å². The van der Waals surface area contributed by atoms with Gasteiger partial charge in [-0.3, -0.25) is 4.79 Å². The molecule has 0 aliphatic heterocycles. The molecule has 0 saturated heterocycles. The lowest BCUT2D eigenvalue weighted by molar-refractivity contribution is 0.102. The quantitative estimate of drug-likeness (QED) is 0.347. The number of amides is 1. The first-order valence-electron chi connectivity index (χ1n) is 11.2. The molecule has 0 radical (unpaired) electrons. The van der Waals surface area contributed by atoms with Gasteiger partial charge in [-0.2, -0.15) is 0 Å². The third-order valence-electron chi connectivity index (χ3n) is 5.57. The summed E-state index contributed by atoms with van der Waals surface area (Å²) in [6, 6.07) is 23.3. The summed E-state index contributed by atoms with van der Waals surface area (Å²) in [5, 5.41) is 12.0. The molecule has 2 heterocycles. The maximum absolute atomic E-state index is 12.7. The minimum Gasteiger partial charge on any atom is -0.486 e. The molecule has 5 rings (SSSR count). The third kappa shape index (κ3) is 4.81. The smallest absolute Gasteiger partial charge is 0.339 e. The van der Waals surface area contributed by atoms with E-state index in [0.29, 0.717) is 28.0 Å². The number of aromatic nitrogens is 3. The number of fused-ring (bicyclic) bond motifs is 1. The topological polar surface area (TPSA) is 99.2 Å². The number of rotatable bonds is 7. The van der Waals surface area contributed by atoms with Crippen LogP contribution in [0.15, 0.2) is 94.3 Å². The number of para-hydroxylation sites is 2. The molecule has 3 aromatic carbocycles. The van der Waals surface area contributed by atoms with Crippen LogP contribution in [-0.4, -0.2) is 20.9 Å². The van der Waals surface area contributed by atoms with Gasteiger partial charge in [0.25, 0.3) is 5.91 Å². The summed E-state index contributed by atoms with van der Waals surface area (Å²) >= 11 is 0. The second-order valence-corrected chi connectivity index (χ2v) is 7.88. The van der Waals surface area contributed by atoms with Gasteiger partial charge >= 0.3 is 5.63 Å². The van der Waals surface area contributed by atoms with Crippen molar-refractivity contribution in [1.82, 2.24) is 15.0 Å². The van der Waals surface area contributed by atoms with Crippen molar-refractivity contribution in [3.8, 4) is 11.4 Å². The van der Waals surface area contributed by atoms with E-state index in [1.165, 1.54) is 6.07 Å². The molecular weight excluding hydrogens is 444 g/mol. The molecule has 5 aromatic rings. The Balaban J connectivity index is 1.27. The highest BCUT2D eigenvalue weighted by molar-refractivity contribution is 6.04. The molecule has 0 spiro atoms. The molecule has 0 aliphatic carbocycles. The monoisotopic (exact) mass is 466 g/mol. The van der Waals surface area contributed by atoms with Crippen LogP contribution >= 0.6 is 0 Å². The Morgan fingerprint density at radius 2 is 1.80 bits per heavy atom. The second-order valence-electron chi connectivity index (χ2n) is 7.88. The van der Waals surface area contributed by atoms with Crippen LogP contribution in [0, 0.1) is 0 Å². The van der Waals surface area contributed by atoms with Crippen LogP contribution < -0.4 is 15.7 Å². The highest BCUT2D eigenvalue weighted by Crippen LogP contribution is 2.24. The zero-order valence-corrected chi connectivity index (χ0v) is 19.0. The summed E-state index contributed by atoms with van der Waals surface area (Å²) in [7, 11) is 0. The number of aryl methyl sites for hydroxylation is 1. The van der Waals surface area contributed by atoms with Crippen molar-refractivity contribution in [3.63, 3.8) is 0 Å². The first kappa shape index (κ1) is 22.1. The highest BCUT2D eigenvalue weighted by Gasteiger charge is 2.11. The molecule has 0 aliphatic rings. The summed E-state index contributed by atoms with van der Waals surface area (Å²) < 4.78 is 12.6. The predicted molar refractivity (Wildman–Crippen MR) is 132 cm³/mol. The Labute approximate surface area is 200 Å². The van der Waals surface area contributed by atoms with Gasteiger partial charge in [-0.05, 0) is 54.4 Å². The number of nitrogens with zero attached hydrogens (tertiary/aromatic N) is 3. The van der Waals surface area contributed by atoms with Crippen LogP contribution in [0.5, 0.6) is 5.75 Å². The lowest BCUT2D eigenvalue weighted by Crippen LogP contribution is -2.13. The third-order valence-corrected chi connectivity index (χ3v) is 5.57. The first-order valence-corrected chi connectivity index (χ1v) is 11.2. The molecule has 0 fully saturated rings. The van der Waals surface area contributed by atoms with Gasteiger partial charge in [-0.15, -0.1) is 5.10 Å². The van der Waals surface area contributed by atoms with E-state index >= 15 is 0 Å².